The monoisotopic (exact) mass is 569 g/mol. The summed E-state index contributed by atoms with van der Waals surface area (Å²) >= 11 is 5.57. The largest absolute Gasteiger partial charge is 0.463 e. The summed E-state index contributed by atoms with van der Waals surface area (Å²) in [6.07, 6.45) is -3.82. The number of benzene rings is 1. The molecule has 0 spiro atoms. The van der Waals surface area contributed by atoms with Crippen molar-refractivity contribution >= 4 is 25.2 Å². The molecule has 206 valence electrons. The quantitative estimate of drug-likeness (QED) is 0.216. The number of aliphatic hydroxyl groups excluding tert-OH is 1. The molecule has 1 aromatic heterocycles. The van der Waals surface area contributed by atoms with Crippen molar-refractivity contribution in [1.82, 2.24) is 9.55 Å². The predicted octanol–water partition coefficient (Wildman–Crippen LogP) is 1.57. The lowest BCUT2D eigenvalue weighted by molar-refractivity contribution is -0.151. The van der Waals surface area contributed by atoms with Crippen LogP contribution in [0.25, 0.3) is 0 Å². The fourth-order valence-electron chi connectivity index (χ4n) is 3.77. The minimum Gasteiger partial charge on any atom is -0.463 e. The predicted molar refractivity (Wildman–Crippen MR) is 138 cm³/mol. The van der Waals surface area contributed by atoms with E-state index in [2.05, 4.69) is 16.3 Å². The number of nitrogens with two attached hydrogens (primary N) is 1. The molecule has 1 saturated heterocycles. The van der Waals surface area contributed by atoms with Crippen molar-refractivity contribution in [3.63, 3.8) is 0 Å². The lowest BCUT2D eigenvalue weighted by atomic mass is 9.92. The lowest BCUT2D eigenvalue weighted by Crippen LogP contribution is -2.55. The maximum absolute atomic E-state index is 13.8. The molecule has 38 heavy (non-hydrogen) atoms. The van der Waals surface area contributed by atoms with Crippen LogP contribution in [0.1, 0.15) is 27.0 Å². The first kappa shape index (κ1) is 29.6. The molecule has 0 amide bonds. The third-order valence-corrected chi connectivity index (χ3v) is 7.72. The molecule has 1 fully saturated rings. The number of carbonyl (C=O) groups is 1. The lowest BCUT2D eigenvalue weighted by Gasteiger charge is -2.27. The first-order valence-electron chi connectivity index (χ1n) is 11.6. The minimum atomic E-state index is -4.05. The van der Waals surface area contributed by atoms with Crippen molar-refractivity contribution in [2.45, 2.75) is 50.8 Å². The van der Waals surface area contributed by atoms with Gasteiger partial charge in [0.25, 0.3) is 5.56 Å². The molecule has 2 heterocycles. The van der Waals surface area contributed by atoms with E-state index in [1.807, 2.05) is 0 Å². The van der Waals surface area contributed by atoms with Gasteiger partial charge < -0.3 is 24.8 Å². The van der Waals surface area contributed by atoms with Gasteiger partial charge in [0.15, 0.2) is 11.8 Å². The zero-order chi connectivity index (χ0) is 28.1. The first-order chi connectivity index (χ1) is 17.9. The van der Waals surface area contributed by atoms with Gasteiger partial charge >= 0.3 is 19.3 Å². The Morgan fingerprint density at radius 3 is 2.58 bits per heavy atom. The molecule has 1 aromatic carbocycles. The Morgan fingerprint density at radius 1 is 1.29 bits per heavy atom. The van der Waals surface area contributed by atoms with Crippen LogP contribution in [0.2, 0.25) is 0 Å². The highest BCUT2D eigenvalue weighted by Gasteiger charge is 2.55. The average molecular weight is 570 g/mol. The number of esters is 1. The molecular formula is C24H29ClN3O9P. The third-order valence-electron chi connectivity index (χ3n) is 5.60. The highest BCUT2D eigenvalue weighted by Crippen LogP contribution is 2.51. The number of H-pyrrole nitrogens is 1. The van der Waals surface area contributed by atoms with Crippen molar-refractivity contribution in [3.8, 4) is 17.0 Å². The summed E-state index contributed by atoms with van der Waals surface area (Å²) in [5.74, 6) is 1.23. The topological polar surface area (TPSA) is 172 Å². The number of halogens is 1. The summed E-state index contributed by atoms with van der Waals surface area (Å²) < 4.78 is 37.1. The molecule has 6 atom stereocenters. The van der Waals surface area contributed by atoms with Crippen LogP contribution in [0.5, 0.6) is 5.75 Å². The van der Waals surface area contributed by atoms with E-state index in [0.717, 1.165) is 16.8 Å². The molecule has 14 heteroatoms. The van der Waals surface area contributed by atoms with E-state index in [1.165, 1.54) is 6.92 Å². The number of aromatic nitrogens is 2. The molecule has 1 aliphatic heterocycles. The van der Waals surface area contributed by atoms with Crippen LogP contribution < -0.4 is 21.5 Å². The molecule has 0 bridgehead atoms. The number of aromatic amines is 1. The van der Waals surface area contributed by atoms with Gasteiger partial charge in [-0.05, 0) is 37.6 Å². The van der Waals surface area contributed by atoms with Crippen LogP contribution in [-0.4, -0.2) is 57.2 Å². The molecule has 0 saturated carbocycles. The number of aliphatic hydroxyl groups is 1. The number of para-hydroxylation sites is 1. The number of nitrogens with zero attached hydrogens (tertiary/aromatic N) is 1. The Labute approximate surface area is 223 Å². The van der Waals surface area contributed by atoms with E-state index in [1.54, 1.807) is 44.2 Å². The second-order valence-corrected chi connectivity index (χ2v) is 11.2. The Hall–Kier alpha value is -2.91. The summed E-state index contributed by atoms with van der Waals surface area (Å²) in [7, 11) is -4.05. The summed E-state index contributed by atoms with van der Waals surface area (Å²) in [6.45, 7) is 4.38. The van der Waals surface area contributed by atoms with E-state index >= 15 is 0 Å². The third kappa shape index (κ3) is 6.94. The summed E-state index contributed by atoms with van der Waals surface area (Å²) in [5, 5.41) is 13.1. The number of ether oxygens (including phenoxy) is 2. The van der Waals surface area contributed by atoms with Gasteiger partial charge in [0.1, 0.15) is 18.0 Å². The Bertz CT molecular complexity index is 1350. The molecule has 2 aromatic rings. The van der Waals surface area contributed by atoms with E-state index in [9.17, 15) is 24.1 Å². The van der Waals surface area contributed by atoms with Crippen LogP contribution in [0.4, 0.5) is 0 Å². The normalized spacial score (nSPS) is 25.2. The van der Waals surface area contributed by atoms with Crippen molar-refractivity contribution in [1.29, 1.82) is 0 Å². The summed E-state index contributed by atoms with van der Waals surface area (Å²) in [4.78, 5) is 38.3. The van der Waals surface area contributed by atoms with Gasteiger partial charge in [0.05, 0.1) is 24.8 Å². The van der Waals surface area contributed by atoms with Gasteiger partial charge in [0, 0.05) is 17.6 Å². The molecule has 1 unspecified atom stereocenters. The van der Waals surface area contributed by atoms with Crippen molar-refractivity contribution in [2.75, 3.05) is 12.8 Å². The maximum Gasteiger partial charge on any atom is 0.380 e. The minimum absolute atomic E-state index is 0.229. The summed E-state index contributed by atoms with van der Waals surface area (Å²) in [6, 6.07) is 9.26. The molecule has 0 aliphatic carbocycles. The second kappa shape index (κ2) is 12.3. The number of carbonyl (C=O) groups excluding carboxylic acids is 1. The fourth-order valence-corrected chi connectivity index (χ4v) is 5.80. The SMILES string of the molecule is CC(C)OC(=O)[C@H](C)C[P@](=O)(OC[C@H]1O[C@@H](n2ccc(=O)[nH]c2=O)C(N)(C#CCl)[C@H]1O)Oc1ccccc1. The van der Waals surface area contributed by atoms with Gasteiger partial charge in [0.2, 0.25) is 0 Å². The Morgan fingerprint density at radius 2 is 1.97 bits per heavy atom. The highest BCUT2D eigenvalue weighted by molar-refractivity contribution is 7.54. The standard InChI is InChI=1S/C24H29ClN3O9P/c1-15(2)35-21(31)16(3)14-38(33,37-17-7-5-4-6-8-17)34-13-18-20(30)24(26,10-11-25)22(36-18)28-12-9-19(29)27-23(28)32/h4-9,12,15-16,18,20,22,30H,13-14,26H2,1-3H3,(H,27,29,32)/t16-,18-,20+,22-,24?,38+/m1/s1. The second-order valence-electron chi connectivity index (χ2n) is 9.02. The smallest absolute Gasteiger partial charge is 0.380 e. The molecule has 1 aliphatic rings. The highest BCUT2D eigenvalue weighted by atomic mass is 35.5. The zero-order valence-corrected chi connectivity index (χ0v) is 22.6. The molecular weight excluding hydrogens is 541 g/mol. The van der Waals surface area contributed by atoms with Crippen LogP contribution in [-0.2, 0) is 23.4 Å². The maximum atomic E-state index is 13.8. The van der Waals surface area contributed by atoms with Gasteiger partial charge in [-0.1, -0.05) is 31.0 Å². The number of hydrogen-bond donors (Lipinski definition) is 3. The van der Waals surface area contributed by atoms with Crippen LogP contribution in [0, 0.1) is 17.2 Å². The van der Waals surface area contributed by atoms with E-state index in [0.29, 0.717) is 0 Å². The van der Waals surface area contributed by atoms with Crippen molar-refractivity contribution < 1.29 is 33.0 Å². The van der Waals surface area contributed by atoms with Gasteiger partial charge in [-0.15, -0.1) is 0 Å². The van der Waals surface area contributed by atoms with Crippen LogP contribution in [0.3, 0.4) is 0 Å². The molecule has 4 N–H and O–H groups in total. The average Bonchev–Trinajstić information content (AvgIpc) is 3.08. The van der Waals surface area contributed by atoms with Crippen molar-refractivity contribution in [2.24, 2.45) is 11.7 Å². The fraction of sp³-hybridized carbons (Fsp3) is 0.458. The first-order valence-corrected chi connectivity index (χ1v) is 13.7. The van der Waals surface area contributed by atoms with Gasteiger partial charge in [-0.2, -0.15) is 0 Å². The van der Waals surface area contributed by atoms with E-state index in [-0.39, 0.29) is 18.0 Å². The Balaban J connectivity index is 1.86. The van der Waals surface area contributed by atoms with Crippen LogP contribution in [0.15, 0.2) is 52.2 Å². The molecule has 12 nitrogen and oxygen atoms in total. The van der Waals surface area contributed by atoms with E-state index in [4.69, 9.17) is 35.9 Å². The number of nitrogens with one attached hydrogen (secondary N) is 1. The Kier molecular flexibility index (Phi) is 9.59. The van der Waals surface area contributed by atoms with Crippen molar-refractivity contribution in [3.05, 3.63) is 63.4 Å². The molecule has 0 radical (unpaired) electrons. The van der Waals surface area contributed by atoms with E-state index < -0.39 is 61.3 Å². The van der Waals surface area contributed by atoms with Crippen LogP contribution >= 0.6 is 19.2 Å². The molecule has 3 rings (SSSR count). The number of hydrogen-bond acceptors (Lipinski definition) is 10. The number of rotatable bonds is 10. The van der Waals surface area contributed by atoms with Gasteiger partial charge in [-0.3, -0.25) is 23.7 Å². The zero-order valence-electron chi connectivity index (χ0n) is 20.9. The summed E-state index contributed by atoms with van der Waals surface area (Å²) in [5.41, 5.74) is 2.89. The van der Waals surface area contributed by atoms with Gasteiger partial charge in [-0.25, -0.2) is 9.36 Å².